The van der Waals surface area contributed by atoms with Crippen molar-refractivity contribution in [2.75, 3.05) is 25.0 Å². The van der Waals surface area contributed by atoms with Crippen molar-refractivity contribution in [3.8, 4) is 0 Å². The Morgan fingerprint density at radius 1 is 1.62 bits per heavy atom. The van der Waals surface area contributed by atoms with E-state index in [1.807, 2.05) is 6.07 Å². The van der Waals surface area contributed by atoms with E-state index in [1.54, 1.807) is 6.20 Å². The average Bonchev–Trinajstić information content (AvgIpc) is 2.29. The largest absolute Gasteiger partial charge is 0.354 e. The van der Waals surface area contributed by atoms with Crippen LogP contribution in [0.2, 0.25) is 5.02 Å². The van der Waals surface area contributed by atoms with Gasteiger partial charge in [0.25, 0.3) is 0 Å². The molecule has 0 amide bonds. The van der Waals surface area contributed by atoms with Crippen molar-refractivity contribution in [1.29, 1.82) is 0 Å². The molecule has 0 spiro atoms. The highest BCUT2D eigenvalue weighted by molar-refractivity contribution is 9.10. The van der Waals surface area contributed by atoms with Gasteiger partial charge in [-0.25, -0.2) is 4.98 Å². The quantitative estimate of drug-likeness (QED) is 0.910. The van der Waals surface area contributed by atoms with Gasteiger partial charge in [-0.15, -0.1) is 0 Å². The Morgan fingerprint density at radius 2 is 2.44 bits per heavy atom. The summed E-state index contributed by atoms with van der Waals surface area (Å²) in [7, 11) is 2.06. The molecule has 1 unspecified atom stereocenters. The van der Waals surface area contributed by atoms with E-state index < -0.39 is 0 Å². The lowest BCUT2D eigenvalue weighted by molar-refractivity contribution is 0.443. The van der Waals surface area contributed by atoms with Gasteiger partial charge in [0.1, 0.15) is 5.82 Å². The van der Waals surface area contributed by atoms with Crippen LogP contribution in [0.5, 0.6) is 0 Å². The predicted molar refractivity (Wildman–Crippen MR) is 71.2 cm³/mol. The van der Waals surface area contributed by atoms with Crippen LogP contribution in [0, 0.1) is 0 Å². The molecule has 1 aromatic heterocycles. The average molecular weight is 305 g/mol. The number of rotatable bonds is 2. The van der Waals surface area contributed by atoms with Crippen molar-refractivity contribution >= 4 is 33.3 Å². The summed E-state index contributed by atoms with van der Waals surface area (Å²) >= 11 is 9.55. The SMILES string of the molecule is CN(c1ncc(Br)cc1Cl)C1CCCNC1. The summed E-state index contributed by atoms with van der Waals surface area (Å²) in [6, 6.07) is 2.37. The zero-order chi connectivity index (χ0) is 11.5. The maximum absolute atomic E-state index is 6.19. The van der Waals surface area contributed by atoms with Crippen LogP contribution in [-0.2, 0) is 0 Å². The molecule has 3 nitrogen and oxygen atoms in total. The number of aromatic nitrogens is 1. The Bertz CT molecular complexity index is 366. The third kappa shape index (κ3) is 2.67. The topological polar surface area (TPSA) is 28.2 Å². The summed E-state index contributed by atoms with van der Waals surface area (Å²) < 4.78 is 0.913. The van der Waals surface area contributed by atoms with E-state index in [1.165, 1.54) is 12.8 Å². The van der Waals surface area contributed by atoms with Gasteiger partial charge in [0.15, 0.2) is 0 Å². The fraction of sp³-hybridized carbons (Fsp3) is 0.545. The van der Waals surface area contributed by atoms with Crippen LogP contribution in [0.25, 0.3) is 0 Å². The fourth-order valence-electron chi connectivity index (χ4n) is 2.00. The summed E-state index contributed by atoms with van der Waals surface area (Å²) in [5, 5.41) is 4.09. The molecule has 0 radical (unpaired) electrons. The van der Waals surface area contributed by atoms with Gasteiger partial charge in [-0.3, -0.25) is 0 Å². The van der Waals surface area contributed by atoms with Crippen LogP contribution in [0.3, 0.4) is 0 Å². The first-order valence-corrected chi connectivity index (χ1v) is 6.60. The molecule has 1 aliphatic heterocycles. The fourth-order valence-corrected chi connectivity index (χ4v) is 2.77. The highest BCUT2D eigenvalue weighted by Gasteiger charge is 2.20. The Hall–Kier alpha value is -0.320. The second-order valence-electron chi connectivity index (χ2n) is 4.07. The highest BCUT2D eigenvalue weighted by Crippen LogP contribution is 2.27. The van der Waals surface area contributed by atoms with Gasteiger partial charge < -0.3 is 10.2 Å². The van der Waals surface area contributed by atoms with E-state index in [0.29, 0.717) is 11.1 Å². The highest BCUT2D eigenvalue weighted by atomic mass is 79.9. The van der Waals surface area contributed by atoms with Crippen LogP contribution in [0.15, 0.2) is 16.7 Å². The van der Waals surface area contributed by atoms with Crippen LogP contribution in [0.1, 0.15) is 12.8 Å². The maximum Gasteiger partial charge on any atom is 0.147 e. The molecule has 1 aromatic rings. The van der Waals surface area contributed by atoms with E-state index in [0.717, 1.165) is 23.4 Å². The third-order valence-corrected chi connectivity index (χ3v) is 3.65. The molecule has 1 atom stereocenters. The smallest absolute Gasteiger partial charge is 0.147 e. The van der Waals surface area contributed by atoms with Crippen molar-refractivity contribution in [3.05, 3.63) is 21.8 Å². The van der Waals surface area contributed by atoms with E-state index in [4.69, 9.17) is 11.6 Å². The number of hydrogen-bond acceptors (Lipinski definition) is 3. The number of halogens is 2. The lowest BCUT2D eigenvalue weighted by Crippen LogP contribution is -2.44. The van der Waals surface area contributed by atoms with Gasteiger partial charge in [-0.05, 0) is 41.4 Å². The lowest BCUT2D eigenvalue weighted by Gasteiger charge is -2.32. The number of anilines is 1. The van der Waals surface area contributed by atoms with Gasteiger partial charge in [-0.2, -0.15) is 0 Å². The zero-order valence-electron chi connectivity index (χ0n) is 9.21. The molecule has 0 aliphatic carbocycles. The summed E-state index contributed by atoms with van der Waals surface area (Å²) in [6.07, 6.45) is 4.19. The van der Waals surface area contributed by atoms with Crippen molar-refractivity contribution in [2.45, 2.75) is 18.9 Å². The van der Waals surface area contributed by atoms with Crippen LogP contribution >= 0.6 is 27.5 Å². The summed E-state index contributed by atoms with van der Waals surface area (Å²) in [4.78, 5) is 6.54. The summed E-state index contributed by atoms with van der Waals surface area (Å²) in [5.41, 5.74) is 0. The standard InChI is InChI=1S/C11H15BrClN3/c1-16(9-3-2-4-14-7-9)11-10(13)5-8(12)6-15-11/h5-6,9,14H,2-4,7H2,1H3. The molecule has 0 aromatic carbocycles. The molecule has 1 fully saturated rings. The number of nitrogens with one attached hydrogen (secondary N) is 1. The van der Waals surface area contributed by atoms with Gasteiger partial charge >= 0.3 is 0 Å². The van der Waals surface area contributed by atoms with Gasteiger partial charge in [0.05, 0.1) is 5.02 Å². The van der Waals surface area contributed by atoms with Crippen LogP contribution < -0.4 is 10.2 Å². The molecule has 1 aliphatic rings. The van der Waals surface area contributed by atoms with E-state index in [-0.39, 0.29) is 0 Å². The first-order chi connectivity index (χ1) is 7.68. The number of pyridine rings is 1. The Labute approximate surface area is 109 Å². The molecule has 1 N–H and O–H groups in total. The van der Waals surface area contributed by atoms with Crippen molar-refractivity contribution < 1.29 is 0 Å². The van der Waals surface area contributed by atoms with E-state index >= 15 is 0 Å². The number of hydrogen-bond donors (Lipinski definition) is 1. The van der Waals surface area contributed by atoms with Crippen LogP contribution in [-0.4, -0.2) is 31.2 Å². The van der Waals surface area contributed by atoms with Gasteiger partial charge in [0.2, 0.25) is 0 Å². The minimum absolute atomic E-state index is 0.486. The minimum atomic E-state index is 0.486. The Kier molecular flexibility index (Phi) is 4.05. The summed E-state index contributed by atoms with van der Waals surface area (Å²) in [5.74, 6) is 0.860. The monoisotopic (exact) mass is 303 g/mol. The first kappa shape index (κ1) is 12.1. The second-order valence-corrected chi connectivity index (χ2v) is 5.39. The maximum atomic E-state index is 6.19. The molecule has 1 saturated heterocycles. The number of piperidine rings is 1. The summed E-state index contributed by atoms with van der Waals surface area (Å²) in [6.45, 7) is 2.12. The molecule has 88 valence electrons. The van der Waals surface area contributed by atoms with E-state index in [2.05, 4.69) is 38.2 Å². The van der Waals surface area contributed by atoms with E-state index in [9.17, 15) is 0 Å². The first-order valence-electron chi connectivity index (χ1n) is 5.43. The molecule has 2 heterocycles. The molecular weight excluding hydrogens is 289 g/mol. The molecule has 0 bridgehead atoms. The Morgan fingerprint density at radius 3 is 3.06 bits per heavy atom. The molecule has 16 heavy (non-hydrogen) atoms. The van der Waals surface area contributed by atoms with Gasteiger partial charge in [-0.1, -0.05) is 11.6 Å². The molecule has 0 saturated carbocycles. The third-order valence-electron chi connectivity index (χ3n) is 2.94. The lowest BCUT2D eigenvalue weighted by atomic mass is 10.1. The second kappa shape index (κ2) is 5.34. The van der Waals surface area contributed by atoms with Gasteiger partial charge in [0, 0.05) is 30.3 Å². The zero-order valence-corrected chi connectivity index (χ0v) is 11.6. The molecule has 2 rings (SSSR count). The van der Waals surface area contributed by atoms with Crippen molar-refractivity contribution in [3.63, 3.8) is 0 Å². The predicted octanol–water partition coefficient (Wildman–Crippen LogP) is 2.69. The van der Waals surface area contributed by atoms with Crippen molar-refractivity contribution in [1.82, 2.24) is 10.3 Å². The Balaban J connectivity index is 2.15. The number of likely N-dealkylation sites (N-methyl/N-ethyl adjacent to an activating group) is 1. The minimum Gasteiger partial charge on any atom is -0.354 e. The van der Waals surface area contributed by atoms with Crippen molar-refractivity contribution in [2.24, 2.45) is 0 Å². The van der Waals surface area contributed by atoms with Crippen LogP contribution in [0.4, 0.5) is 5.82 Å². The molecule has 5 heteroatoms. The number of nitrogens with zero attached hydrogens (tertiary/aromatic N) is 2. The normalized spacial score (nSPS) is 20.8. The molecular formula is C11H15BrClN3.